The third kappa shape index (κ3) is 32.7. The summed E-state index contributed by atoms with van der Waals surface area (Å²) in [7, 11) is 0. The van der Waals surface area contributed by atoms with Crippen LogP contribution in [0.4, 0.5) is 4.79 Å². The molecule has 10 atom stereocenters. The van der Waals surface area contributed by atoms with Gasteiger partial charge in [-0.3, -0.25) is 52.7 Å². The molecule has 0 radical (unpaired) electrons. The maximum Gasteiger partial charge on any atom is 0.407 e. The van der Waals surface area contributed by atoms with Crippen molar-refractivity contribution in [2.24, 2.45) is 23.3 Å². The van der Waals surface area contributed by atoms with Crippen molar-refractivity contribution in [2.75, 3.05) is 44.8 Å². The van der Waals surface area contributed by atoms with Gasteiger partial charge in [-0.15, -0.1) is 6.58 Å². The van der Waals surface area contributed by atoms with Crippen molar-refractivity contribution in [2.45, 2.75) is 194 Å². The van der Waals surface area contributed by atoms with E-state index in [2.05, 4.69) is 65.1 Å². The van der Waals surface area contributed by atoms with E-state index in [4.69, 9.17) is 20.9 Å². The summed E-state index contributed by atoms with van der Waals surface area (Å²) in [5.74, 6) is -11.3. The minimum atomic E-state index is -1.68. The maximum atomic E-state index is 14.0. The topological polar surface area (TPSA) is 445 Å². The quantitative estimate of drug-likeness (QED) is 0.0242. The summed E-state index contributed by atoms with van der Waals surface area (Å²) >= 11 is 1.40. The number of aliphatic carboxylic acids is 1. The molecule has 0 aliphatic carbocycles. The van der Waals surface area contributed by atoms with Gasteiger partial charge in [0.25, 0.3) is 0 Å². The molecule has 0 heterocycles. The lowest BCUT2D eigenvalue weighted by Crippen LogP contribution is -2.60. The summed E-state index contributed by atoms with van der Waals surface area (Å²) in [4.78, 5) is 170. The van der Waals surface area contributed by atoms with E-state index >= 15 is 0 Å². The number of ether oxygens (including phenoxy) is 2. The van der Waals surface area contributed by atoms with Gasteiger partial charge >= 0.3 is 12.1 Å². The second-order valence-electron chi connectivity index (χ2n) is 22.4. The molecule has 478 valence electrons. The Labute approximate surface area is 496 Å². The van der Waals surface area contributed by atoms with Crippen LogP contribution in [0.25, 0.3) is 0 Å². The van der Waals surface area contributed by atoms with E-state index in [-0.39, 0.29) is 45.3 Å². The highest BCUT2D eigenvalue weighted by atomic mass is 32.2. The zero-order chi connectivity index (χ0) is 64.7. The highest BCUT2D eigenvalue weighted by molar-refractivity contribution is 7.98. The lowest BCUT2D eigenvalue weighted by atomic mass is 9.94. The number of unbranched alkanes of at least 4 members (excludes halogenated alkanes) is 1. The Hall–Kier alpha value is -7.08. The maximum absolute atomic E-state index is 14.0. The Morgan fingerprint density at radius 3 is 1.55 bits per heavy atom. The van der Waals surface area contributed by atoms with Gasteiger partial charge in [0.1, 0.15) is 53.9 Å². The fourth-order valence-corrected chi connectivity index (χ4v) is 7.86. The molecule has 0 aromatic carbocycles. The smallest absolute Gasteiger partial charge is 0.407 e. The largest absolute Gasteiger partial charge is 0.480 e. The molecule has 84 heavy (non-hydrogen) atoms. The van der Waals surface area contributed by atoms with Crippen molar-refractivity contribution < 1.29 is 76.9 Å². The number of nitrogens with two attached hydrogens (primary N) is 2. The van der Waals surface area contributed by atoms with Gasteiger partial charge in [-0.2, -0.15) is 11.8 Å². The fourth-order valence-electron chi connectivity index (χ4n) is 7.39. The van der Waals surface area contributed by atoms with E-state index in [0.717, 1.165) is 0 Å². The summed E-state index contributed by atoms with van der Waals surface area (Å²) in [5.41, 5.74) is 9.85. The molecule has 29 nitrogen and oxygen atoms in total. The fraction of sp³-hybridized carbons (Fsp3) is 0.722. The van der Waals surface area contributed by atoms with Crippen LogP contribution in [0.2, 0.25) is 0 Å². The number of carboxylic acid groups (broad SMARTS) is 1. The van der Waals surface area contributed by atoms with Gasteiger partial charge in [-0.25, -0.2) is 9.59 Å². The number of carbonyl (C=O) groups is 13. The summed E-state index contributed by atoms with van der Waals surface area (Å²) in [6.07, 6.45) is 1.53. The van der Waals surface area contributed by atoms with E-state index in [9.17, 15) is 67.4 Å². The summed E-state index contributed by atoms with van der Waals surface area (Å²) in [5, 5.41) is 37.0. The minimum absolute atomic E-state index is 0.0275. The van der Waals surface area contributed by atoms with Gasteiger partial charge in [-0.1, -0.05) is 46.1 Å². The summed E-state index contributed by atoms with van der Waals surface area (Å²) < 4.78 is 10.9. The van der Waals surface area contributed by atoms with Crippen molar-refractivity contribution in [1.82, 2.24) is 58.5 Å². The van der Waals surface area contributed by atoms with Crippen molar-refractivity contribution >= 4 is 88.8 Å². The van der Waals surface area contributed by atoms with Crippen LogP contribution in [0.1, 0.15) is 134 Å². The number of rotatable bonds is 39. The highest BCUT2D eigenvalue weighted by Crippen LogP contribution is 2.14. The van der Waals surface area contributed by atoms with Crippen LogP contribution in [0.5, 0.6) is 0 Å². The Morgan fingerprint density at radius 1 is 0.560 bits per heavy atom. The monoisotopic (exact) mass is 1210 g/mol. The second-order valence-corrected chi connectivity index (χ2v) is 23.4. The molecule has 0 saturated heterocycles. The molecule has 16 N–H and O–H groups in total. The summed E-state index contributed by atoms with van der Waals surface area (Å²) in [6.45, 7) is 21.6. The molecule has 0 rings (SSSR count). The molecule has 0 unspecified atom stereocenters. The van der Waals surface area contributed by atoms with E-state index in [1.807, 2.05) is 0 Å². The molecule has 0 aliphatic rings. The lowest BCUT2D eigenvalue weighted by Gasteiger charge is -2.29. The Bertz CT molecular complexity index is 2280. The van der Waals surface area contributed by atoms with Gasteiger partial charge in [0.05, 0.1) is 38.3 Å². The Morgan fingerprint density at radius 2 is 1.05 bits per heavy atom. The number of carbonyl (C=O) groups excluding carboxylic acids is 12. The van der Waals surface area contributed by atoms with E-state index < -0.39 is 174 Å². The van der Waals surface area contributed by atoms with Gasteiger partial charge in [0.2, 0.25) is 65.0 Å². The average Bonchev–Trinajstić information content (AvgIpc) is 3.60. The normalized spacial score (nSPS) is 14.9. The number of alkyl carbamates (subject to hydrolysis) is 1. The molecule has 0 aliphatic heterocycles. The SMILES string of the molecule is C=C(C)C[C@H](NC(=O)CNC(=O)[C@@H](NC(=O)[C@@H](NC(=O)[C@H](C)NC(=O)CNC(=O)[C@H](CCCCNC(=O)OC(C)(C)C)NC(=O)[C@H](CC(N)=O)NC(=O)[C@H](COC(C)(C)C)NC(=O)CN)[C@@H](C)CC)[C@@H](C)CC)C(=O)N[C@@H](CCSC)C(=O)O. The molecule has 0 spiro atoms. The van der Waals surface area contributed by atoms with E-state index in [0.29, 0.717) is 24.2 Å². The highest BCUT2D eigenvalue weighted by Gasteiger charge is 2.35. The standard InChI is InChI=1S/C54H95N13O16S/c1-15-30(5)42(49(77)59-27-41(71)61-35(23-29(3)4)46(74)64-34(51(79)80)20-22-84-14)67-50(78)43(31(6)16-2)66-44(72)32(7)60-40(70)26-58-45(73)33(19-17-18-21-57-52(81)83-54(11,12)13)63-47(75)36(24-38(56)68)65-48(76)37(62-39(69)25-55)28-82-53(8,9)10/h30-37,42-43H,3,15-28,55H2,1-2,4-14H3,(H2,56,68)(H,57,81)(H,58,73)(H,59,77)(H,60,70)(H,61,71)(H,62,69)(H,63,75)(H,64,74)(H,65,76)(H,66,72)(H,67,78)(H,79,80)/t30-,31-,32-,33-,34-,35-,36-,37-,42-,43-/m0/s1. The molecule has 0 bridgehead atoms. The third-order valence-corrected chi connectivity index (χ3v) is 13.1. The average molecular weight is 1210 g/mol. The van der Waals surface area contributed by atoms with E-state index in [1.54, 1.807) is 82.4 Å². The van der Waals surface area contributed by atoms with Gasteiger partial charge in [-0.05, 0) is 111 Å². The number of hydrogen-bond donors (Lipinski definition) is 14. The van der Waals surface area contributed by atoms with Crippen LogP contribution in [0.3, 0.4) is 0 Å². The zero-order valence-electron chi connectivity index (χ0n) is 51.0. The first kappa shape index (κ1) is 76.9. The predicted molar refractivity (Wildman–Crippen MR) is 313 cm³/mol. The summed E-state index contributed by atoms with van der Waals surface area (Å²) in [6, 6.07) is -10.7. The molecule has 30 heteroatoms. The number of carboxylic acids is 1. The number of primary amides is 1. The molecule has 0 fully saturated rings. The molecule has 0 saturated carbocycles. The van der Waals surface area contributed by atoms with Crippen molar-refractivity contribution in [1.29, 1.82) is 0 Å². The molecular formula is C54H95N13O16S. The molecule has 0 aromatic heterocycles. The van der Waals surface area contributed by atoms with Gasteiger partial charge in [0, 0.05) is 6.54 Å². The van der Waals surface area contributed by atoms with Crippen LogP contribution in [0, 0.1) is 11.8 Å². The van der Waals surface area contributed by atoms with Crippen molar-refractivity contribution in [3.63, 3.8) is 0 Å². The molecular weight excluding hydrogens is 1120 g/mol. The van der Waals surface area contributed by atoms with E-state index in [1.165, 1.54) is 18.7 Å². The first-order valence-corrected chi connectivity index (χ1v) is 29.3. The molecule has 0 aromatic rings. The van der Waals surface area contributed by atoms with Crippen molar-refractivity contribution in [3.8, 4) is 0 Å². The Balaban J connectivity index is 6.26. The van der Waals surface area contributed by atoms with Crippen LogP contribution in [-0.2, 0) is 67.0 Å². The number of thioether (sulfide) groups is 1. The zero-order valence-corrected chi connectivity index (χ0v) is 51.8. The van der Waals surface area contributed by atoms with Crippen LogP contribution in [0.15, 0.2) is 12.2 Å². The third-order valence-electron chi connectivity index (χ3n) is 12.4. The number of amides is 12. The number of hydrogen-bond acceptors (Lipinski definition) is 17. The van der Waals surface area contributed by atoms with Crippen LogP contribution >= 0.6 is 11.8 Å². The van der Waals surface area contributed by atoms with Crippen LogP contribution in [-0.4, -0.2) is 186 Å². The first-order valence-electron chi connectivity index (χ1n) is 27.9. The Kier molecular flexibility index (Phi) is 35.4. The minimum Gasteiger partial charge on any atom is -0.480 e. The molecule has 12 amide bonds. The first-order chi connectivity index (χ1) is 39.0. The van der Waals surface area contributed by atoms with Gasteiger partial charge in [0.15, 0.2) is 0 Å². The van der Waals surface area contributed by atoms with Crippen LogP contribution < -0.4 is 70.0 Å². The number of nitrogens with one attached hydrogen (secondary N) is 11. The van der Waals surface area contributed by atoms with Gasteiger partial charge < -0.3 is 84.5 Å². The predicted octanol–water partition coefficient (Wildman–Crippen LogP) is -1.64. The van der Waals surface area contributed by atoms with Crippen molar-refractivity contribution in [3.05, 3.63) is 12.2 Å². The second kappa shape index (κ2) is 38.7. The lowest BCUT2D eigenvalue weighted by molar-refractivity contribution is -0.142.